The molecule has 1 amide bonds. The number of benzene rings is 1. The number of carbonyl (C=O) groups excluding carboxylic acids is 1. The first-order chi connectivity index (χ1) is 11.1. The van der Waals surface area contributed by atoms with Gasteiger partial charge in [0.1, 0.15) is 5.75 Å². The molecule has 0 aliphatic heterocycles. The van der Waals surface area contributed by atoms with Gasteiger partial charge >= 0.3 is 0 Å². The maximum Gasteiger partial charge on any atom is 0.220 e. The monoisotopic (exact) mass is 314 g/mol. The van der Waals surface area contributed by atoms with E-state index in [2.05, 4.69) is 10.3 Å². The zero-order valence-electron chi connectivity index (χ0n) is 13.4. The second kappa shape index (κ2) is 8.29. The second-order valence-electron chi connectivity index (χ2n) is 5.44. The van der Waals surface area contributed by atoms with Crippen molar-refractivity contribution in [1.29, 1.82) is 0 Å². The quantitative estimate of drug-likeness (QED) is 0.822. The number of hydrogen-bond acceptors (Lipinski definition) is 4. The van der Waals surface area contributed by atoms with Gasteiger partial charge in [-0.2, -0.15) is 0 Å². The molecule has 0 aliphatic carbocycles. The molecule has 2 rings (SSSR count). The van der Waals surface area contributed by atoms with Crippen LogP contribution in [0.5, 0.6) is 5.75 Å². The Hall–Kier alpha value is -2.40. The molecule has 0 saturated heterocycles. The van der Waals surface area contributed by atoms with Crippen molar-refractivity contribution in [2.24, 2.45) is 0 Å². The predicted molar refractivity (Wildman–Crippen MR) is 88.1 cm³/mol. The number of rotatable bonds is 7. The van der Waals surface area contributed by atoms with Crippen molar-refractivity contribution in [1.82, 2.24) is 10.3 Å². The predicted octanol–water partition coefficient (Wildman–Crippen LogP) is 2.26. The van der Waals surface area contributed by atoms with Crippen molar-refractivity contribution in [2.45, 2.75) is 31.9 Å². The Bertz CT molecular complexity index is 614. The highest BCUT2D eigenvalue weighted by Gasteiger charge is 2.18. The molecule has 2 aromatic rings. The molecule has 2 unspecified atom stereocenters. The summed E-state index contributed by atoms with van der Waals surface area (Å²) in [5, 5.41) is 13.2. The van der Waals surface area contributed by atoms with Gasteiger partial charge in [0.2, 0.25) is 5.91 Å². The third kappa shape index (κ3) is 5.07. The molecule has 0 saturated carbocycles. The molecule has 0 aliphatic rings. The van der Waals surface area contributed by atoms with Gasteiger partial charge < -0.3 is 15.2 Å². The van der Waals surface area contributed by atoms with E-state index in [1.807, 2.05) is 12.1 Å². The summed E-state index contributed by atoms with van der Waals surface area (Å²) in [6, 6.07) is 10.6. The lowest BCUT2D eigenvalue weighted by Crippen LogP contribution is -2.37. The van der Waals surface area contributed by atoms with Gasteiger partial charge in [0, 0.05) is 18.8 Å². The molecule has 1 aromatic carbocycles. The van der Waals surface area contributed by atoms with E-state index in [9.17, 15) is 9.90 Å². The highest BCUT2D eigenvalue weighted by Crippen LogP contribution is 2.20. The summed E-state index contributed by atoms with van der Waals surface area (Å²) in [5.74, 6) is 0.642. The first-order valence-electron chi connectivity index (χ1n) is 7.60. The van der Waals surface area contributed by atoms with E-state index in [0.717, 1.165) is 16.9 Å². The van der Waals surface area contributed by atoms with Crippen molar-refractivity contribution < 1.29 is 14.6 Å². The van der Waals surface area contributed by atoms with Crippen LogP contribution in [0.4, 0.5) is 0 Å². The van der Waals surface area contributed by atoms with Gasteiger partial charge in [-0.1, -0.05) is 18.2 Å². The molecule has 2 N–H and O–H groups in total. The normalized spacial score (nSPS) is 13.2. The van der Waals surface area contributed by atoms with Crippen molar-refractivity contribution in [3.8, 4) is 5.75 Å². The largest absolute Gasteiger partial charge is 0.497 e. The minimum Gasteiger partial charge on any atom is -0.497 e. The van der Waals surface area contributed by atoms with Gasteiger partial charge in [-0.15, -0.1) is 0 Å². The Kier molecular flexibility index (Phi) is 6.11. The van der Waals surface area contributed by atoms with Gasteiger partial charge in [0.25, 0.3) is 0 Å². The summed E-state index contributed by atoms with van der Waals surface area (Å²) in [5.41, 5.74) is 1.76. The molecule has 1 heterocycles. The number of aliphatic hydroxyl groups excluding tert-OH is 1. The molecule has 0 bridgehead atoms. The Morgan fingerprint density at radius 3 is 2.65 bits per heavy atom. The lowest BCUT2D eigenvalue weighted by molar-refractivity contribution is -0.122. The van der Waals surface area contributed by atoms with Crippen LogP contribution < -0.4 is 10.1 Å². The first kappa shape index (κ1) is 17.0. The van der Waals surface area contributed by atoms with Crippen LogP contribution in [0.15, 0.2) is 48.8 Å². The zero-order chi connectivity index (χ0) is 16.7. The number of amides is 1. The fourth-order valence-electron chi connectivity index (χ4n) is 2.30. The van der Waals surface area contributed by atoms with Crippen LogP contribution in [-0.2, 0) is 11.2 Å². The summed E-state index contributed by atoms with van der Waals surface area (Å²) in [6.07, 6.45) is 3.69. The maximum atomic E-state index is 12.0. The second-order valence-corrected chi connectivity index (χ2v) is 5.44. The van der Waals surface area contributed by atoms with E-state index < -0.39 is 6.10 Å². The first-order valence-corrected chi connectivity index (χ1v) is 7.60. The van der Waals surface area contributed by atoms with Gasteiger partial charge in [-0.3, -0.25) is 9.78 Å². The Labute approximate surface area is 136 Å². The van der Waals surface area contributed by atoms with Crippen LogP contribution in [0.25, 0.3) is 0 Å². The summed E-state index contributed by atoms with van der Waals surface area (Å²) >= 11 is 0. The number of aryl methyl sites for hydroxylation is 1. The van der Waals surface area contributed by atoms with Crippen molar-refractivity contribution in [3.63, 3.8) is 0 Å². The smallest absolute Gasteiger partial charge is 0.220 e. The number of methoxy groups -OCH3 is 1. The van der Waals surface area contributed by atoms with Crippen LogP contribution in [0.3, 0.4) is 0 Å². The minimum absolute atomic E-state index is 0.0890. The van der Waals surface area contributed by atoms with E-state index in [4.69, 9.17) is 4.74 Å². The Morgan fingerprint density at radius 2 is 2.04 bits per heavy atom. The fourth-order valence-corrected chi connectivity index (χ4v) is 2.30. The molecule has 0 radical (unpaired) electrons. The standard InChI is InChI=1S/C18H22N2O3/c1-13(18(22)15-6-8-16(23-2)9-7-15)20-17(21)10-5-14-4-3-11-19-12-14/h3-4,6-9,11-13,18,22H,5,10H2,1-2H3,(H,20,21). The van der Waals surface area contributed by atoms with Crippen molar-refractivity contribution in [2.75, 3.05) is 7.11 Å². The van der Waals surface area contributed by atoms with Crippen LogP contribution in [0, 0.1) is 0 Å². The van der Waals surface area contributed by atoms with Crippen LogP contribution >= 0.6 is 0 Å². The van der Waals surface area contributed by atoms with E-state index in [1.54, 1.807) is 50.7 Å². The number of ether oxygens (including phenoxy) is 1. The summed E-state index contributed by atoms with van der Waals surface area (Å²) in [4.78, 5) is 16.0. The van der Waals surface area contributed by atoms with Gasteiger partial charge in [0.05, 0.1) is 19.3 Å². The Balaban J connectivity index is 1.84. The topological polar surface area (TPSA) is 71.5 Å². The SMILES string of the molecule is COc1ccc(C(O)C(C)NC(=O)CCc2cccnc2)cc1. The molecular formula is C18H22N2O3. The van der Waals surface area contributed by atoms with E-state index in [-0.39, 0.29) is 11.9 Å². The third-order valence-electron chi connectivity index (χ3n) is 3.68. The zero-order valence-corrected chi connectivity index (χ0v) is 13.4. The molecule has 2 atom stereocenters. The lowest BCUT2D eigenvalue weighted by Gasteiger charge is -2.21. The number of carbonyl (C=O) groups is 1. The highest BCUT2D eigenvalue weighted by molar-refractivity contribution is 5.76. The van der Waals surface area contributed by atoms with E-state index >= 15 is 0 Å². The van der Waals surface area contributed by atoms with Gasteiger partial charge in [-0.25, -0.2) is 0 Å². The number of nitrogens with one attached hydrogen (secondary N) is 1. The fraction of sp³-hybridized carbons (Fsp3) is 0.333. The molecule has 5 nitrogen and oxygen atoms in total. The van der Waals surface area contributed by atoms with Gasteiger partial charge in [0.15, 0.2) is 0 Å². The van der Waals surface area contributed by atoms with Gasteiger partial charge in [-0.05, 0) is 42.7 Å². The Morgan fingerprint density at radius 1 is 1.30 bits per heavy atom. The molecule has 0 spiro atoms. The maximum absolute atomic E-state index is 12.0. The van der Waals surface area contributed by atoms with Crippen molar-refractivity contribution >= 4 is 5.91 Å². The van der Waals surface area contributed by atoms with Crippen LogP contribution in [0.2, 0.25) is 0 Å². The molecule has 0 fully saturated rings. The molecule has 1 aromatic heterocycles. The average Bonchev–Trinajstić information content (AvgIpc) is 2.60. The number of pyridine rings is 1. The number of aliphatic hydroxyl groups is 1. The summed E-state index contributed by atoms with van der Waals surface area (Å²) in [7, 11) is 1.59. The summed E-state index contributed by atoms with van der Waals surface area (Å²) < 4.78 is 5.09. The number of nitrogens with zero attached hydrogens (tertiary/aromatic N) is 1. The number of aromatic nitrogens is 1. The molecule has 5 heteroatoms. The molecule has 23 heavy (non-hydrogen) atoms. The molecular weight excluding hydrogens is 292 g/mol. The van der Waals surface area contributed by atoms with Crippen LogP contribution in [-0.4, -0.2) is 29.1 Å². The molecule has 122 valence electrons. The number of hydrogen-bond donors (Lipinski definition) is 2. The van der Waals surface area contributed by atoms with E-state index in [0.29, 0.717) is 12.8 Å². The highest BCUT2D eigenvalue weighted by atomic mass is 16.5. The van der Waals surface area contributed by atoms with Crippen LogP contribution in [0.1, 0.15) is 30.6 Å². The third-order valence-corrected chi connectivity index (χ3v) is 3.68. The summed E-state index contributed by atoms with van der Waals surface area (Å²) in [6.45, 7) is 1.79. The average molecular weight is 314 g/mol. The lowest BCUT2D eigenvalue weighted by atomic mass is 10.0. The van der Waals surface area contributed by atoms with Crippen molar-refractivity contribution in [3.05, 3.63) is 59.9 Å². The minimum atomic E-state index is -0.761. The van der Waals surface area contributed by atoms with E-state index in [1.165, 1.54) is 0 Å².